The molecule has 9 heavy (non-hydrogen) atoms. The van der Waals surface area contributed by atoms with Crippen molar-refractivity contribution in [3.8, 4) is 0 Å². The van der Waals surface area contributed by atoms with Crippen LogP contribution in [0.1, 0.15) is 13.8 Å². The third-order valence-corrected chi connectivity index (χ3v) is 1.26. The normalized spacial score (nSPS) is 18.0. The number of rotatable bonds is 3. The highest BCUT2D eigenvalue weighted by Crippen LogP contribution is 2.04. The molecule has 0 radical (unpaired) electrons. The molecule has 0 fully saturated rings. The van der Waals surface area contributed by atoms with Crippen LogP contribution in [0.15, 0.2) is 0 Å². The first-order chi connectivity index (χ1) is 4.09. The Kier molecular flexibility index (Phi) is 3.77. The van der Waals surface area contributed by atoms with E-state index >= 15 is 0 Å². The van der Waals surface area contributed by atoms with Crippen molar-refractivity contribution in [1.82, 2.24) is 0 Å². The second kappa shape index (κ2) is 3.82. The molecule has 0 spiro atoms. The van der Waals surface area contributed by atoms with Gasteiger partial charge in [-0.15, -0.1) is 0 Å². The second-order valence-corrected chi connectivity index (χ2v) is 2.48. The number of hydrogen-bond donors (Lipinski definition) is 3. The maximum atomic E-state index is 8.98. The molecule has 3 nitrogen and oxygen atoms in total. The van der Waals surface area contributed by atoms with Crippen LogP contribution in [0.3, 0.4) is 0 Å². The van der Waals surface area contributed by atoms with Gasteiger partial charge in [0.2, 0.25) is 0 Å². The van der Waals surface area contributed by atoms with Crippen LogP contribution < -0.4 is 0 Å². The van der Waals surface area contributed by atoms with Crippen molar-refractivity contribution in [1.29, 1.82) is 0 Å². The Balaban J connectivity index is 3.58. The van der Waals surface area contributed by atoms with Crippen LogP contribution in [0.5, 0.6) is 0 Å². The quantitative estimate of drug-likeness (QED) is 0.481. The summed E-state index contributed by atoms with van der Waals surface area (Å²) in [6.45, 7) is 3.19. The van der Waals surface area contributed by atoms with Crippen molar-refractivity contribution in [2.45, 2.75) is 26.1 Å². The van der Waals surface area contributed by atoms with Gasteiger partial charge < -0.3 is 15.3 Å². The SMILES string of the molecule is CC(C)[C@H](O)[C@H](O)CO. The van der Waals surface area contributed by atoms with Gasteiger partial charge in [-0.25, -0.2) is 0 Å². The maximum absolute atomic E-state index is 8.98. The lowest BCUT2D eigenvalue weighted by Gasteiger charge is -2.18. The maximum Gasteiger partial charge on any atom is 0.103 e. The zero-order valence-corrected chi connectivity index (χ0v) is 5.78. The smallest absolute Gasteiger partial charge is 0.103 e. The molecule has 56 valence electrons. The summed E-state index contributed by atoms with van der Waals surface area (Å²) in [5, 5.41) is 26.1. The summed E-state index contributed by atoms with van der Waals surface area (Å²) < 4.78 is 0. The summed E-state index contributed by atoms with van der Waals surface area (Å²) in [5.74, 6) is -0.00727. The first kappa shape index (κ1) is 8.88. The molecule has 3 heteroatoms. The summed E-state index contributed by atoms with van der Waals surface area (Å²) in [6, 6.07) is 0. The van der Waals surface area contributed by atoms with E-state index in [9.17, 15) is 0 Å². The van der Waals surface area contributed by atoms with Crippen LogP contribution in [0.25, 0.3) is 0 Å². The molecule has 0 aromatic carbocycles. The van der Waals surface area contributed by atoms with E-state index in [1.54, 1.807) is 13.8 Å². The average molecular weight is 134 g/mol. The molecule has 0 aromatic heterocycles. The van der Waals surface area contributed by atoms with Gasteiger partial charge in [0.05, 0.1) is 12.7 Å². The van der Waals surface area contributed by atoms with Gasteiger partial charge in [-0.1, -0.05) is 13.8 Å². The third kappa shape index (κ3) is 2.79. The molecule has 0 bridgehead atoms. The molecule has 0 aromatic rings. The van der Waals surface area contributed by atoms with Crippen molar-refractivity contribution < 1.29 is 15.3 Å². The van der Waals surface area contributed by atoms with Crippen molar-refractivity contribution >= 4 is 0 Å². The van der Waals surface area contributed by atoms with E-state index in [1.165, 1.54) is 0 Å². The van der Waals surface area contributed by atoms with Crippen molar-refractivity contribution in [2.75, 3.05) is 6.61 Å². The Morgan fingerprint density at radius 1 is 1.22 bits per heavy atom. The highest BCUT2D eigenvalue weighted by Gasteiger charge is 2.17. The van der Waals surface area contributed by atoms with Crippen LogP contribution in [0.2, 0.25) is 0 Å². The molecular weight excluding hydrogens is 120 g/mol. The molecule has 0 aliphatic rings. The lowest BCUT2D eigenvalue weighted by atomic mass is 10.0. The minimum absolute atomic E-state index is 0.00727. The molecule has 2 atom stereocenters. The minimum atomic E-state index is -0.995. The lowest BCUT2D eigenvalue weighted by molar-refractivity contribution is -0.0356. The zero-order valence-electron chi connectivity index (χ0n) is 5.78. The summed E-state index contributed by atoms with van der Waals surface area (Å²) in [6.07, 6.45) is -1.81. The summed E-state index contributed by atoms with van der Waals surface area (Å²) in [7, 11) is 0. The van der Waals surface area contributed by atoms with E-state index in [0.717, 1.165) is 0 Å². The van der Waals surface area contributed by atoms with Crippen molar-refractivity contribution in [3.05, 3.63) is 0 Å². The van der Waals surface area contributed by atoms with Crippen LogP contribution in [0, 0.1) is 5.92 Å². The molecule has 0 aliphatic carbocycles. The molecule has 0 heterocycles. The fourth-order valence-corrected chi connectivity index (χ4v) is 0.552. The standard InChI is InChI=1S/C6H14O3/c1-4(2)6(9)5(8)3-7/h4-9H,3H2,1-2H3/t5-,6+/m1/s1. The summed E-state index contributed by atoms with van der Waals surface area (Å²) in [4.78, 5) is 0. The van der Waals surface area contributed by atoms with Crippen molar-refractivity contribution in [2.24, 2.45) is 5.92 Å². The van der Waals surface area contributed by atoms with Gasteiger partial charge in [-0.05, 0) is 5.92 Å². The Hall–Kier alpha value is -0.120. The van der Waals surface area contributed by atoms with Gasteiger partial charge in [0, 0.05) is 0 Å². The predicted molar refractivity (Wildman–Crippen MR) is 33.9 cm³/mol. The van der Waals surface area contributed by atoms with Crippen LogP contribution in [-0.4, -0.2) is 34.1 Å². The van der Waals surface area contributed by atoms with E-state index in [4.69, 9.17) is 15.3 Å². The average Bonchev–Trinajstić information content (AvgIpc) is 1.84. The topological polar surface area (TPSA) is 60.7 Å². The molecular formula is C6H14O3. The third-order valence-electron chi connectivity index (χ3n) is 1.26. The first-order valence-corrected chi connectivity index (χ1v) is 3.06. The van der Waals surface area contributed by atoms with Crippen molar-refractivity contribution in [3.63, 3.8) is 0 Å². The fraction of sp³-hybridized carbons (Fsp3) is 1.00. The summed E-state index contributed by atoms with van der Waals surface area (Å²) >= 11 is 0. The Morgan fingerprint density at radius 2 is 1.67 bits per heavy atom. The van der Waals surface area contributed by atoms with Gasteiger partial charge in [-0.2, -0.15) is 0 Å². The molecule has 3 N–H and O–H groups in total. The van der Waals surface area contributed by atoms with Gasteiger partial charge in [0.15, 0.2) is 0 Å². The van der Waals surface area contributed by atoms with E-state index in [-0.39, 0.29) is 12.5 Å². The molecule has 0 saturated carbocycles. The largest absolute Gasteiger partial charge is 0.394 e. The van der Waals surface area contributed by atoms with E-state index < -0.39 is 12.2 Å². The highest BCUT2D eigenvalue weighted by molar-refractivity contribution is 4.68. The molecule has 0 saturated heterocycles. The highest BCUT2D eigenvalue weighted by atomic mass is 16.4. The second-order valence-electron chi connectivity index (χ2n) is 2.48. The van der Waals surface area contributed by atoms with Gasteiger partial charge >= 0.3 is 0 Å². The van der Waals surface area contributed by atoms with Gasteiger partial charge in [-0.3, -0.25) is 0 Å². The number of hydrogen-bond acceptors (Lipinski definition) is 3. The van der Waals surface area contributed by atoms with Crippen LogP contribution >= 0.6 is 0 Å². The Morgan fingerprint density at radius 3 is 1.78 bits per heavy atom. The Bertz CT molecular complexity index is 72.7. The fourth-order valence-electron chi connectivity index (χ4n) is 0.552. The van der Waals surface area contributed by atoms with E-state index in [1.807, 2.05) is 0 Å². The first-order valence-electron chi connectivity index (χ1n) is 3.06. The summed E-state index contributed by atoms with van der Waals surface area (Å²) in [5.41, 5.74) is 0. The monoisotopic (exact) mass is 134 g/mol. The Labute approximate surface area is 54.9 Å². The van der Waals surface area contributed by atoms with Gasteiger partial charge in [0.25, 0.3) is 0 Å². The lowest BCUT2D eigenvalue weighted by Crippen LogP contribution is -2.33. The molecule has 0 amide bonds. The van der Waals surface area contributed by atoms with E-state index in [2.05, 4.69) is 0 Å². The number of aliphatic hydroxyl groups excluding tert-OH is 3. The molecule has 0 rings (SSSR count). The molecule has 0 aliphatic heterocycles. The van der Waals surface area contributed by atoms with Gasteiger partial charge in [0.1, 0.15) is 6.10 Å². The molecule has 0 unspecified atom stereocenters. The minimum Gasteiger partial charge on any atom is -0.394 e. The zero-order chi connectivity index (χ0) is 7.44. The van der Waals surface area contributed by atoms with E-state index in [0.29, 0.717) is 0 Å². The van der Waals surface area contributed by atoms with Crippen LogP contribution in [0.4, 0.5) is 0 Å². The predicted octanol–water partition coefficient (Wildman–Crippen LogP) is -0.643. The van der Waals surface area contributed by atoms with Crippen LogP contribution in [-0.2, 0) is 0 Å². The number of aliphatic hydroxyl groups is 3.